The summed E-state index contributed by atoms with van der Waals surface area (Å²) in [5, 5.41) is 32.6. The first kappa shape index (κ1) is 52.3. The highest BCUT2D eigenvalue weighted by atomic mass is 19.3. The van der Waals surface area contributed by atoms with Crippen LogP contribution < -0.4 is 20.9 Å². The minimum Gasteiger partial charge on any atom is -0.478 e. The first-order valence-electron chi connectivity index (χ1n) is 24.0. The van der Waals surface area contributed by atoms with Crippen LogP contribution in [0, 0.1) is 13.8 Å². The van der Waals surface area contributed by atoms with Gasteiger partial charge in [-0.2, -0.15) is 17.6 Å². The molecule has 384 valence electrons. The molecule has 4 aliphatic rings. The monoisotopic (exact) mass is 1010 g/mol. The molecule has 15 nitrogen and oxygen atoms in total. The van der Waals surface area contributed by atoms with E-state index in [1.165, 1.54) is 18.5 Å². The van der Waals surface area contributed by atoms with Gasteiger partial charge in [0.1, 0.15) is 11.4 Å². The SMILES string of the molecule is CC(F)(F)c1cc(C(=O)O)ccn1.Cc1ncc(N)cc1-c1ccc2c(c1)N1CCOCCC1CC2O.Cc1ncc(NC(=O)c2ccnc(C(C)(F)F)c2)cc1-c1ccc2c(c1)N1CCOCCC1CC2O. The summed E-state index contributed by atoms with van der Waals surface area (Å²) in [7, 11) is 0. The number of aliphatic hydroxyl groups excluding tert-OH is 2. The fourth-order valence-corrected chi connectivity index (χ4v) is 9.58. The molecule has 2 aromatic carbocycles. The molecule has 4 unspecified atom stereocenters. The minimum absolute atomic E-state index is 0.0841. The molecule has 6 aromatic rings. The maximum atomic E-state index is 13.7. The molecule has 10 rings (SSSR count). The Hall–Kier alpha value is -7.06. The van der Waals surface area contributed by atoms with Crippen LogP contribution >= 0.6 is 0 Å². The minimum atomic E-state index is -3.15. The number of benzene rings is 2. The van der Waals surface area contributed by atoms with Crippen LogP contribution in [-0.2, 0) is 21.3 Å². The van der Waals surface area contributed by atoms with Gasteiger partial charge < -0.3 is 45.6 Å². The summed E-state index contributed by atoms with van der Waals surface area (Å²) in [6, 6.07) is 21.1. The lowest BCUT2D eigenvalue weighted by Gasteiger charge is -2.39. The normalized spacial score (nSPS) is 19.4. The number of nitrogens with one attached hydrogen (secondary N) is 1. The summed E-state index contributed by atoms with van der Waals surface area (Å²) in [6.45, 7) is 9.72. The highest BCUT2D eigenvalue weighted by Crippen LogP contribution is 2.43. The number of pyridine rings is 4. The van der Waals surface area contributed by atoms with Crippen molar-refractivity contribution in [1.29, 1.82) is 0 Å². The Morgan fingerprint density at radius 1 is 0.658 bits per heavy atom. The standard InChI is InChI=1S/C27H28F2N4O3.C19H23N3O2.C8H7F2NO2/c1-16-22(13-19(15-31-16)32-26(35)18-5-7-30-25(12-18)27(2,28)29)17-3-4-21-23(11-17)33-8-10-36-9-6-20(33)14-24(21)34;1-12-17(9-14(20)11-21-12)13-2-3-16-18(8-13)22-5-7-24-6-4-15(22)10-19(16)23;1-8(9,10)6-4-5(7(12)13)2-3-11-6/h3-5,7,11-13,15,20,24,34H,6,8-10,14H2,1-2H3,(H,32,35);2-3,8-9,11,15,19,23H,4-7,10,20H2,1H3;2-4H,1H3,(H,12,13). The number of alkyl halides is 4. The van der Waals surface area contributed by atoms with Crippen LogP contribution in [0.25, 0.3) is 22.3 Å². The number of carbonyl (C=O) groups excluding carboxylic acids is 1. The zero-order valence-electron chi connectivity index (χ0n) is 40.9. The van der Waals surface area contributed by atoms with Gasteiger partial charge in [0, 0.05) is 115 Å². The number of halogens is 4. The number of hydrogen-bond donors (Lipinski definition) is 5. The first-order chi connectivity index (χ1) is 34.7. The number of amides is 1. The van der Waals surface area contributed by atoms with Crippen molar-refractivity contribution in [2.24, 2.45) is 0 Å². The number of aromatic carboxylic acids is 1. The number of carbonyl (C=O) groups is 2. The van der Waals surface area contributed by atoms with E-state index in [2.05, 4.69) is 53.3 Å². The van der Waals surface area contributed by atoms with Gasteiger partial charge in [-0.25, -0.2) is 4.79 Å². The molecule has 0 spiro atoms. The molecule has 2 fully saturated rings. The second kappa shape index (κ2) is 22.0. The molecule has 0 radical (unpaired) electrons. The van der Waals surface area contributed by atoms with Gasteiger partial charge in [-0.3, -0.25) is 24.7 Å². The van der Waals surface area contributed by atoms with E-state index in [0.29, 0.717) is 44.0 Å². The zero-order valence-corrected chi connectivity index (χ0v) is 40.9. The van der Waals surface area contributed by atoms with E-state index in [4.69, 9.17) is 20.3 Å². The van der Waals surface area contributed by atoms with E-state index >= 15 is 0 Å². The number of anilines is 4. The molecular weight excluding hydrogens is 949 g/mol. The molecule has 2 saturated heterocycles. The molecule has 0 bridgehead atoms. The number of nitrogens with two attached hydrogens (primary N) is 1. The fourth-order valence-electron chi connectivity index (χ4n) is 9.58. The first-order valence-corrected chi connectivity index (χ1v) is 24.0. The number of hydrogen-bond acceptors (Lipinski definition) is 13. The van der Waals surface area contributed by atoms with Crippen LogP contribution in [0.15, 0.2) is 97.6 Å². The number of carboxylic acids is 1. The molecule has 4 aliphatic heterocycles. The lowest BCUT2D eigenvalue weighted by molar-refractivity contribution is 0.0120. The van der Waals surface area contributed by atoms with Crippen molar-refractivity contribution >= 4 is 34.6 Å². The summed E-state index contributed by atoms with van der Waals surface area (Å²) in [5.41, 5.74) is 15.5. The Labute approximate surface area is 420 Å². The van der Waals surface area contributed by atoms with Crippen molar-refractivity contribution < 1.29 is 51.9 Å². The van der Waals surface area contributed by atoms with Crippen molar-refractivity contribution in [3.63, 3.8) is 0 Å². The summed E-state index contributed by atoms with van der Waals surface area (Å²) in [6.07, 6.45) is 7.81. The van der Waals surface area contributed by atoms with Crippen molar-refractivity contribution in [2.75, 3.05) is 60.4 Å². The molecule has 0 saturated carbocycles. The van der Waals surface area contributed by atoms with Crippen LogP contribution in [0.2, 0.25) is 0 Å². The predicted molar refractivity (Wildman–Crippen MR) is 268 cm³/mol. The van der Waals surface area contributed by atoms with E-state index in [1.807, 2.05) is 44.2 Å². The number of aryl methyl sites for hydroxylation is 2. The van der Waals surface area contributed by atoms with Crippen LogP contribution in [-0.4, -0.2) is 98.7 Å². The summed E-state index contributed by atoms with van der Waals surface area (Å²) in [4.78, 5) is 43.8. The number of nitrogen functional groups attached to an aromatic ring is 1. The van der Waals surface area contributed by atoms with E-state index < -0.39 is 47.3 Å². The number of rotatable bonds is 7. The zero-order chi connectivity index (χ0) is 52.2. The molecule has 19 heteroatoms. The van der Waals surface area contributed by atoms with Gasteiger partial charge in [0.2, 0.25) is 0 Å². The number of nitrogens with zero attached hydrogens (tertiary/aromatic N) is 6. The van der Waals surface area contributed by atoms with Crippen LogP contribution in [0.3, 0.4) is 0 Å². The third-order valence-corrected chi connectivity index (χ3v) is 13.4. The number of aromatic nitrogens is 4. The van der Waals surface area contributed by atoms with Gasteiger partial charge >= 0.3 is 5.97 Å². The molecular formula is C54H58F4N8O7. The predicted octanol–water partition coefficient (Wildman–Crippen LogP) is 9.41. The van der Waals surface area contributed by atoms with Crippen LogP contribution in [0.4, 0.5) is 40.3 Å². The Balaban J connectivity index is 0.000000164. The third-order valence-electron chi connectivity index (χ3n) is 13.4. The fraction of sp³-hybridized carbons (Fsp3) is 0.370. The van der Waals surface area contributed by atoms with Crippen LogP contribution in [0.5, 0.6) is 0 Å². The summed E-state index contributed by atoms with van der Waals surface area (Å²) in [5.74, 6) is -8.02. The molecule has 1 amide bonds. The van der Waals surface area contributed by atoms with Crippen molar-refractivity contribution in [3.05, 3.63) is 143 Å². The number of carboxylic acid groups (broad SMARTS) is 1. The van der Waals surface area contributed by atoms with Crippen molar-refractivity contribution in [1.82, 2.24) is 19.9 Å². The number of ether oxygens (including phenoxy) is 2. The van der Waals surface area contributed by atoms with Gasteiger partial charge in [0.15, 0.2) is 0 Å². The topological polar surface area (TPSA) is 209 Å². The van der Waals surface area contributed by atoms with Crippen molar-refractivity contribution in [2.45, 2.75) is 89.5 Å². The molecule has 4 aromatic heterocycles. The van der Waals surface area contributed by atoms with E-state index in [9.17, 15) is 37.4 Å². The highest BCUT2D eigenvalue weighted by molar-refractivity contribution is 6.04. The lowest BCUT2D eigenvalue weighted by atomic mass is 9.89. The maximum absolute atomic E-state index is 13.7. The smallest absolute Gasteiger partial charge is 0.335 e. The molecule has 73 heavy (non-hydrogen) atoms. The Morgan fingerprint density at radius 2 is 1.14 bits per heavy atom. The Bertz CT molecular complexity index is 2970. The summed E-state index contributed by atoms with van der Waals surface area (Å²) < 4.78 is 63.9. The number of aliphatic hydroxyl groups is 2. The number of fused-ring (bicyclic) bond motifs is 6. The van der Waals surface area contributed by atoms with Gasteiger partial charge in [0.05, 0.1) is 54.8 Å². The third kappa shape index (κ3) is 12.2. The summed E-state index contributed by atoms with van der Waals surface area (Å²) >= 11 is 0. The second-order valence-corrected chi connectivity index (χ2v) is 18.7. The van der Waals surface area contributed by atoms with Crippen molar-refractivity contribution in [3.8, 4) is 22.3 Å². The molecule has 6 N–H and O–H groups in total. The van der Waals surface area contributed by atoms with Gasteiger partial charge in [-0.15, -0.1) is 0 Å². The van der Waals surface area contributed by atoms with Gasteiger partial charge in [-0.1, -0.05) is 24.3 Å². The van der Waals surface area contributed by atoms with Crippen LogP contribution in [0.1, 0.15) is 106 Å². The molecule has 0 aliphatic carbocycles. The largest absolute Gasteiger partial charge is 0.478 e. The average molecular weight is 1010 g/mol. The van der Waals surface area contributed by atoms with E-state index in [0.717, 1.165) is 133 Å². The molecule has 4 atom stereocenters. The Morgan fingerprint density at radius 3 is 1.64 bits per heavy atom. The molecule has 8 heterocycles. The lowest BCUT2D eigenvalue weighted by Crippen LogP contribution is -2.41. The van der Waals surface area contributed by atoms with Gasteiger partial charge in [-0.05, 0) is 99.2 Å². The second-order valence-electron chi connectivity index (χ2n) is 18.7. The van der Waals surface area contributed by atoms with Gasteiger partial charge in [0.25, 0.3) is 17.8 Å². The average Bonchev–Trinajstić information content (AvgIpc) is 3.76. The Kier molecular flexibility index (Phi) is 15.7. The highest BCUT2D eigenvalue weighted by Gasteiger charge is 2.35. The van der Waals surface area contributed by atoms with E-state index in [1.54, 1.807) is 6.20 Å². The quantitative estimate of drug-likeness (QED) is 0.0945. The maximum Gasteiger partial charge on any atom is 0.335 e. The van der Waals surface area contributed by atoms with E-state index in [-0.39, 0.29) is 17.2 Å².